The molecule has 1 aliphatic rings. The van der Waals surface area contributed by atoms with Gasteiger partial charge in [0, 0.05) is 32.1 Å². The minimum atomic E-state index is -0.00783. The minimum Gasteiger partial charge on any atom is -0.355 e. The van der Waals surface area contributed by atoms with E-state index >= 15 is 0 Å². The summed E-state index contributed by atoms with van der Waals surface area (Å²) in [5.74, 6) is 0.205. The Labute approximate surface area is 110 Å². The molecule has 1 fully saturated rings. The van der Waals surface area contributed by atoms with Crippen LogP contribution in [0.2, 0.25) is 0 Å². The molecule has 5 nitrogen and oxygen atoms in total. The van der Waals surface area contributed by atoms with E-state index in [1.165, 1.54) is 0 Å². The van der Waals surface area contributed by atoms with E-state index in [0.29, 0.717) is 24.8 Å². The molecule has 0 spiro atoms. The summed E-state index contributed by atoms with van der Waals surface area (Å²) in [7, 11) is 0. The van der Waals surface area contributed by atoms with Crippen molar-refractivity contribution >= 4 is 27.7 Å². The molecule has 0 aromatic heterocycles. The Morgan fingerprint density at radius 1 is 1.59 bits per heavy atom. The molecule has 6 heteroatoms. The van der Waals surface area contributed by atoms with Crippen LogP contribution in [0.3, 0.4) is 0 Å². The Balaban J connectivity index is 2.23. The van der Waals surface area contributed by atoms with Crippen molar-refractivity contribution in [2.75, 3.05) is 25.0 Å². The van der Waals surface area contributed by atoms with Gasteiger partial charge in [-0.3, -0.25) is 9.59 Å². The smallest absolute Gasteiger partial charge is 0.230 e. The molecule has 0 unspecified atom stereocenters. The van der Waals surface area contributed by atoms with Gasteiger partial charge in [-0.2, -0.15) is 0 Å². The summed E-state index contributed by atoms with van der Waals surface area (Å²) in [6, 6.07) is 0.130. The van der Waals surface area contributed by atoms with E-state index in [1.54, 1.807) is 0 Å². The fourth-order valence-electron chi connectivity index (χ4n) is 2.07. The second-order valence-electron chi connectivity index (χ2n) is 4.21. The first-order valence-corrected chi connectivity index (χ1v) is 7.13. The molecule has 1 heterocycles. The highest BCUT2D eigenvalue weighted by Gasteiger charge is 2.26. The molecule has 1 aliphatic heterocycles. The van der Waals surface area contributed by atoms with Crippen LogP contribution in [0, 0.1) is 0 Å². The van der Waals surface area contributed by atoms with Gasteiger partial charge in [0.1, 0.15) is 0 Å². The fourth-order valence-corrected chi connectivity index (χ4v) is 2.27. The Bertz CT molecular complexity index is 273. The van der Waals surface area contributed by atoms with E-state index in [4.69, 9.17) is 5.73 Å². The molecule has 0 aromatic carbocycles. The summed E-state index contributed by atoms with van der Waals surface area (Å²) in [5, 5.41) is 3.11. The summed E-state index contributed by atoms with van der Waals surface area (Å²) < 4.78 is 0. The number of rotatable bonds is 7. The van der Waals surface area contributed by atoms with Crippen LogP contribution in [0.1, 0.15) is 25.7 Å². The van der Waals surface area contributed by atoms with Crippen molar-refractivity contribution in [3.8, 4) is 0 Å². The third kappa shape index (κ3) is 4.63. The molecule has 3 N–H and O–H groups in total. The van der Waals surface area contributed by atoms with Gasteiger partial charge in [0.05, 0.1) is 5.33 Å². The van der Waals surface area contributed by atoms with Crippen molar-refractivity contribution in [1.82, 2.24) is 10.2 Å². The third-order valence-corrected chi connectivity index (χ3v) is 3.49. The highest BCUT2D eigenvalue weighted by molar-refractivity contribution is 9.09. The quantitative estimate of drug-likeness (QED) is 0.522. The van der Waals surface area contributed by atoms with Crippen LogP contribution in [0.15, 0.2) is 0 Å². The summed E-state index contributed by atoms with van der Waals surface area (Å²) in [6.45, 7) is 1.97. The highest BCUT2D eigenvalue weighted by Crippen LogP contribution is 2.15. The van der Waals surface area contributed by atoms with Crippen molar-refractivity contribution in [1.29, 1.82) is 0 Å². The van der Waals surface area contributed by atoms with Gasteiger partial charge in [0.25, 0.3) is 0 Å². The maximum Gasteiger partial charge on any atom is 0.230 e. The standard InChI is InChI=1S/C11H20BrN3O2/c12-7-10(16)14-5-1-3-9(8-13)15-6-2-4-11(15)17/h9H,1-8,13H2,(H,14,16)/t9-/m0/s1. The molecule has 98 valence electrons. The number of likely N-dealkylation sites (tertiary alicyclic amines) is 1. The number of hydrogen-bond acceptors (Lipinski definition) is 3. The van der Waals surface area contributed by atoms with Crippen LogP contribution >= 0.6 is 15.9 Å². The maximum atomic E-state index is 11.6. The summed E-state index contributed by atoms with van der Waals surface area (Å²) >= 11 is 3.09. The van der Waals surface area contributed by atoms with E-state index in [0.717, 1.165) is 25.8 Å². The van der Waals surface area contributed by atoms with Crippen LogP contribution < -0.4 is 11.1 Å². The van der Waals surface area contributed by atoms with Gasteiger partial charge < -0.3 is 16.0 Å². The van der Waals surface area contributed by atoms with Crippen LogP contribution in [0.4, 0.5) is 0 Å². The molecule has 1 atom stereocenters. The number of alkyl halides is 1. The van der Waals surface area contributed by atoms with Crippen LogP contribution in [0.5, 0.6) is 0 Å². The number of carbonyl (C=O) groups excluding carboxylic acids is 2. The molecule has 1 saturated heterocycles. The lowest BCUT2D eigenvalue weighted by molar-refractivity contribution is -0.129. The van der Waals surface area contributed by atoms with E-state index in [2.05, 4.69) is 21.2 Å². The molecule has 0 bridgehead atoms. The Morgan fingerprint density at radius 2 is 2.35 bits per heavy atom. The van der Waals surface area contributed by atoms with Gasteiger partial charge in [0.2, 0.25) is 11.8 Å². The molecule has 17 heavy (non-hydrogen) atoms. The zero-order chi connectivity index (χ0) is 12.7. The zero-order valence-corrected chi connectivity index (χ0v) is 11.5. The van der Waals surface area contributed by atoms with Crippen molar-refractivity contribution in [3.63, 3.8) is 0 Å². The van der Waals surface area contributed by atoms with E-state index in [9.17, 15) is 9.59 Å². The molecule has 0 saturated carbocycles. The fraction of sp³-hybridized carbons (Fsp3) is 0.818. The lowest BCUT2D eigenvalue weighted by atomic mass is 10.1. The second kappa shape index (κ2) is 7.66. The monoisotopic (exact) mass is 305 g/mol. The normalized spacial score (nSPS) is 17.3. The number of hydrogen-bond donors (Lipinski definition) is 2. The number of nitrogens with two attached hydrogens (primary N) is 1. The van der Waals surface area contributed by atoms with Crippen LogP contribution in [0.25, 0.3) is 0 Å². The molecule has 0 aliphatic carbocycles. The van der Waals surface area contributed by atoms with E-state index in [1.807, 2.05) is 4.90 Å². The second-order valence-corrected chi connectivity index (χ2v) is 4.77. The molecular weight excluding hydrogens is 286 g/mol. The lowest BCUT2D eigenvalue weighted by Crippen LogP contribution is -2.41. The number of halogens is 1. The SMILES string of the molecule is NC[C@H](CCCNC(=O)CBr)N1CCCC1=O. The highest BCUT2D eigenvalue weighted by atomic mass is 79.9. The van der Waals surface area contributed by atoms with Gasteiger partial charge in [-0.25, -0.2) is 0 Å². The Hall–Kier alpha value is -0.620. The first-order valence-electron chi connectivity index (χ1n) is 6.01. The predicted octanol–water partition coefficient (Wildman–Crippen LogP) is 0.227. The average molecular weight is 306 g/mol. The molecule has 2 amide bonds. The first-order chi connectivity index (χ1) is 8.19. The minimum absolute atomic E-state index is 0.00783. The predicted molar refractivity (Wildman–Crippen MR) is 69.8 cm³/mol. The number of nitrogens with zero attached hydrogens (tertiary/aromatic N) is 1. The third-order valence-electron chi connectivity index (χ3n) is 2.98. The Kier molecular flexibility index (Phi) is 6.50. The van der Waals surface area contributed by atoms with Crippen molar-refractivity contribution in [3.05, 3.63) is 0 Å². The summed E-state index contributed by atoms with van der Waals surface area (Å²) in [4.78, 5) is 24.4. The lowest BCUT2D eigenvalue weighted by Gasteiger charge is -2.26. The van der Waals surface area contributed by atoms with Crippen LogP contribution in [-0.4, -0.2) is 47.7 Å². The van der Waals surface area contributed by atoms with Crippen molar-refractivity contribution in [2.45, 2.75) is 31.7 Å². The molecule has 0 aromatic rings. The summed E-state index contributed by atoms with van der Waals surface area (Å²) in [5.41, 5.74) is 5.69. The average Bonchev–Trinajstić information content (AvgIpc) is 2.75. The Morgan fingerprint density at radius 3 is 2.88 bits per heavy atom. The van der Waals surface area contributed by atoms with Gasteiger partial charge >= 0.3 is 0 Å². The molecule has 0 radical (unpaired) electrons. The molecule has 1 rings (SSSR count). The number of nitrogens with one attached hydrogen (secondary N) is 1. The van der Waals surface area contributed by atoms with E-state index in [-0.39, 0.29) is 17.9 Å². The largest absolute Gasteiger partial charge is 0.355 e. The number of carbonyl (C=O) groups is 2. The van der Waals surface area contributed by atoms with Crippen LogP contribution in [-0.2, 0) is 9.59 Å². The van der Waals surface area contributed by atoms with Gasteiger partial charge in [0.15, 0.2) is 0 Å². The topological polar surface area (TPSA) is 75.4 Å². The first kappa shape index (κ1) is 14.4. The molecular formula is C11H20BrN3O2. The van der Waals surface area contributed by atoms with Gasteiger partial charge in [-0.05, 0) is 19.3 Å². The van der Waals surface area contributed by atoms with Crippen molar-refractivity contribution < 1.29 is 9.59 Å². The van der Waals surface area contributed by atoms with E-state index < -0.39 is 0 Å². The van der Waals surface area contributed by atoms with Gasteiger partial charge in [-0.15, -0.1) is 0 Å². The number of amides is 2. The van der Waals surface area contributed by atoms with Crippen molar-refractivity contribution in [2.24, 2.45) is 5.73 Å². The zero-order valence-electron chi connectivity index (χ0n) is 9.95. The van der Waals surface area contributed by atoms with Gasteiger partial charge in [-0.1, -0.05) is 15.9 Å². The maximum absolute atomic E-state index is 11.6. The summed E-state index contributed by atoms with van der Waals surface area (Å²) in [6.07, 6.45) is 3.29.